The van der Waals surface area contributed by atoms with Gasteiger partial charge in [0.05, 0.1) is 25.4 Å². The molecule has 0 aromatic heterocycles. The van der Waals surface area contributed by atoms with Gasteiger partial charge in [-0.15, -0.1) is 0 Å². The van der Waals surface area contributed by atoms with Gasteiger partial charge in [-0.3, -0.25) is 29.0 Å². The molecule has 1 fully saturated rings. The first-order valence-corrected chi connectivity index (χ1v) is 16.0. The van der Waals surface area contributed by atoms with E-state index in [9.17, 15) is 19.2 Å². The van der Waals surface area contributed by atoms with Crippen LogP contribution in [0.5, 0.6) is 0 Å². The molecule has 0 radical (unpaired) electrons. The van der Waals surface area contributed by atoms with Gasteiger partial charge in [0, 0.05) is 32.6 Å². The van der Waals surface area contributed by atoms with Crippen molar-refractivity contribution in [2.24, 2.45) is 5.92 Å². The number of ether oxygens (including phenoxy) is 3. The van der Waals surface area contributed by atoms with E-state index >= 15 is 0 Å². The number of esters is 3. The molecule has 1 heterocycles. The highest BCUT2D eigenvalue weighted by atomic mass is 16.5. The van der Waals surface area contributed by atoms with Crippen LogP contribution in [0.25, 0.3) is 0 Å². The van der Waals surface area contributed by atoms with Gasteiger partial charge >= 0.3 is 17.9 Å². The Kier molecular flexibility index (Phi) is 15.4. The van der Waals surface area contributed by atoms with Crippen LogP contribution in [0, 0.1) is 5.92 Å². The number of carbonyl (C=O) groups excluding carboxylic acids is 4. The maximum absolute atomic E-state index is 12.6. The third kappa shape index (κ3) is 11.4. The van der Waals surface area contributed by atoms with E-state index in [0.717, 1.165) is 18.7 Å². The Balaban J connectivity index is 0.000000316. The van der Waals surface area contributed by atoms with Crippen LogP contribution in [-0.4, -0.2) is 77.5 Å². The van der Waals surface area contributed by atoms with Crippen molar-refractivity contribution in [2.45, 2.75) is 91.9 Å². The molecule has 3 rings (SSSR count). The molecule has 1 unspecified atom stereocenters. The van der Waals surface area contributed by atoms with Crippen molar-refractivity contribution in [3.05, 3.63) is 71.8 Å². The highest BCUT2D eigenvalue weighted by Crippen LogP contribution is 2.30. The maximum Gasteiger partial charge on any atom is 0.325 e. The summed E-state index contributed by atoms with van der Waals surface area (Å²) < 4.78 is 15.2. The van der Waals surface area contributed by atoms with E-state index in [-0.39, 0.29) is 23.7 Å². The van der Waals surface area contributed by atoms with Gasteiger partial charge in [-0.25, -0.2) is 0 Å². The average molecular weight is 625 g/mol. The second-order valence-electron chi connectivity index (χ2n) is 12.0. The number of likely N-dealkylation sites (tertiary alicyclic amines) is 1. The Morgan fingerprint density at radius 3 is 1.98 bits per heavy atom. The summed E-state index contributed by atoms with van der Waals surface area (Å²) in [6, 6.07) is 20.0. The molecule has 0 N–H and O–H groups in total. The van der Waals surface area contributed by atoms with Crippen LogP contribution in [0.15, 0.2) is 60.7 Å². The lowest BCUT2D eigenvalue weighted by atomic mass is 9.81. The van der Waals surface area contributed by atoms with Gasteiger partial charge < -0.3 is 14.2 Å². The van der Waals surface area contributed by atoms with E-state index < -0.39 is 17.0 Å². The van der Waals surface area contributed by atoms with Crippen molar-refractivity contribution in [3.8, 4) is 0 Å². The monoisotopic (exact) mass is 624 g/mol. The van der Waals surface area contributed by atoms with Gasteiger partial charge in [-0.1, -0.05) is 60.7 Å². The zero-order valence-electron chi connectivity index (χ0n) is 28.2. The summed E-state index contributed by atoms with van der Waals surface area (Å²) in [5, 5.41) is 0. The molecule has 1 atom stereocenters. The summed E-state index contributed by atoms with van der Waals surface area (Å²) in [7, 11) is 0. The molecule has 0 bridgehead atoms. The first-order chi connectivity index (χ1) is 21.4. The number of nitrogens with zero attached hydrogens (tertiary/aromatic N) is 2. The van der Waals surface area contributed by atoms with Crippen LogP contribution in [0.2, 0.25) is 0 Å². The van der Waals surface area contributed by atoms with Crippen molar-refractivity contribution in [3.63, 3.8) is 0 Å². The second kappa shape index (κ2) is 18.4. The van der Waals surface area contributed by atoms with Crippen LogP contribution in [0.1, 0.15) is 78.9 Å². The lowest BCUT2D eigenvalue weighted by molar-refractivity contribution is -0.159. The molecule has 0 amide bonds. The number of carbonyl (C=O) groups is 4. The van der Waals surface area contributed by atoms with Gasteiger partial charge in [0.15, 0.2) is 5.78 Å². The van der Waals surface area contributed by atoms with Crippen LogP contribution in [-0.2, 0) is 46.5 Å². The van der Waals surface area contributed by atoms with Crippen LogP contribution < -0.4 is 0 Å². The predicted octanol–water partition coefficient (Wildman–Crippen LogP) is 5.59. The van der Waals surface area contributed by atoms with Gasteiger partial charge in [0.2, 0.25) is 0 Å². The zero-order valence-corrected chi connectivity index (χ0v) is 28.2. The summed E-state index contributed by atoms with van der Waals surface area (Å²) in [6.45, 7) is 16.6. The number of hydrogen-bond acceptors (Lipinski definition) is 9. The topological polar surface area (TPSA) is 102 Å². The molecule has 9 nitrogen and oxygen atoms in total. The average Bonchev–Trinajstić information content (AvgIpc) is 3.01. The molecule has 0 aliphatic carbocycles. The van der Waals surface area contributed by atoms with E-state index in [4.69, 9.17) is 14.2 Å². The quantitative estimate of drug-likeness (QED) is 0.151. The summed E-state index contributed by atoms with van der Waals surface area (Å²) in [5.41, 5.74) is 0.880. The molecule has 1 aliphatic rings. The number of ketones is 1. The smallest absolute Gasteiger partial charge is 0.325 e. The first kappa shape index (κ1) is 37.6. The van der Waals surface area contributed by atoms with E-state index in [1.54, 1.807) is 20.8 Å². The summed E-state index contributed by atoms with van der Waals surface area (Å²) in [6.07, 6.45) is 1.51. The molecule has 0 spiro atoms. The van der Waals surface area contributed by atoms with Gasteiger partial charge in [0.1, 0.15) is 11.5 Å². The molecule has 9 heteroatoms. The Morgan fingerprint density at radius 1 is 0.867 bits per heavy atom. The lowest BCUT2D eigenvalue weighted by Crippen LogP contribution is -2.58. The lowest BCUT2D eigenvalue weighted by Gasteiger charge is -2.43. The fourth-order valence-corrected chi connectivity index (χ4v) is 5.27. The van der Waals surface area contributed by atoms with Crippen LogP contribution in [0.4, 0.5) is 0 Å². The van der Waals surface area contributed by atoms with Gasteiger partial charge in [-0.2, -0.15) is 0 Å². The van der Waals surface area contributed by atoms with Crippen molar-refractivity contribution in [1.82, 2.24) is 9.80 Å². The standard InChI is InChI=1S/C19H29NO4.C17H23NO3/c1-5-23-17(21)13-10-14-20(15-16-11-8-7-9-12-16)19(3,4)18(22)24-6-2;1-4-21-16(20)14-10-11-18(17(2,3)15(14)19)12-13-8-6-5-7-9-13/h7-9,11-12H,5-6,10,13-15H2,1-4H3;5-9,14H,4,10-12H2,1-3H3. The van der Waals surface area contributed by atoms with Gasteiger partial charge in [0.25, 0.3) is 0 Å². The van der Waals surface area contributed by atoms with E-state index in [1.165, 1.54) is 5.56 Å². The molecule has 0 saturated carbocycles. The highest BCUT2D eigenvalue weighted by molar-refractivity contribution is 6.04. The fraction of sp³-hybridized carbons (Fsp3) is 0.556. The Labute approximate surface area is 269 Å². The summed E-state index contributed by atoms with van der Waals surface area (Å²) in [4.78, 5) is 52.6. The molecule has 1 saturated heterocycles. The largest absolute Gasteiger partial charge is 0.466 e. The van der Waals surface area contributed by atoms with E-state index in [0.29, 0.717) is 52.2 Å². The number of rotatable bonds is 14. The highest BCUT2D eigenvalue weighted by Gasteiger charge is 2.46. The number of piperidine rings is 1. The Bertz CT molecular complexity index is 1210. The molecule has 1 aliphatic heterocycles. The normalized spacial score (nSPS) is 16.4. The Morgan fingerprint density at radius 2 is 1.42 bits per heavy atom. The van der Waals surface area contributed by atoms with Crippen LogP contribution in [0.3, 0.4) is 0 Å². The van der Waals surface area contributed by atoms with Crippen LogP contribution >= 0.6 is 0 Å². The predicted molar refractivity (Wildman–Crippen MR) is 174 cm³/mol. The zero-order chi connectivity index (χ0) is 33.5. The molecule has 45 heavy (non-hydrogen) atoms. The summed E-state index contributed by atoms with van der Waals surface area (Å²) in [5.74, 6) is -1.49. The first-order valence-electron chi connectivity index (χ1n) is 16.0. The molecule has 2 aromatic carbocycles. The molecule has 2 aromatic rings. The molecular formula is C36H52N2O7. The van der Waals surface area contributed by atoms with E-state index in [1.807, 2.05) is 76.2 Å². The third-order valence-electron chi connectivity index (χ3n) is 8.08. The Hall–Kier alpha value is -3.56. The fourth-order valence-electron chi connectivity index (χ4n) is 5.27. The van der Waals surface area contributed by atoms with E-state index in [2.05, 4.69) is 21.9 Å². The number of Topliss-reactive ketones (excluding diaryl/α,β-unsaturated/α-hetero) is 1. The SMILES string of the molecule is CCOC(=O)C1CCN(Cc2ccccc2)C(C)(C)C1=O.CCOC(=O)CCCN(Cc1ccccc1)C(C)(C)C(=O)OCC. The number of hydrogen-bond donors (Lipinski definition) is 0. The maximum atomic E-state index is 12.6. The minimum Gasteiger partial charge on any atom is -0.466 e. The second-order valence-corrected chi connectivity index (χ2v) is 12.0. The minimum absolute atomic E-state index is 0.0388. The third-order valence-corrected chi connectivity index (χ3v) is 8.08. The molecular weight excluding hydrogens is 572 g/mol. The minimum atomic E-state index is -0.763. The number of benzene rings is 2. The van der Waals surface area contributed by atoms with Crippen molar-refractivity contribution < 1.29 is 33.4 Å². The van der Waals surface area contributed by atoms with Crippen molar-refractivity contribution in [2.75, 3.05) is 32.9 Å². The van der Waals surface area contributed by atoms with Crippen molar-refractivity contribution >= 4 is 23.7 Å². The van der Waals surface area contributed by atoms with Gasteiger partial charge in [-0.05, 0) is 72.4 Å². The summed E-state index contributed by atoms with van der Waals surface area (Å²) >= 11 is 0. The molecule has 248 valence electrons. The van der Waals surface area contributed by atoms with Crippen molar-refractivity contribution in [1.29, 1.82) is 0 Å².